The smallest absolute Gasteiger partial charge is 0.276 e. The number of nitrogens with zero attached hydrogens (tertiary/aromatic N) is 2. The molecule has 0 radical (unpaired) electrons. The Morgan fingerprint density at radius 1 is 1.08 bits per heavy atom. The number of hydrogen-bond acceptors (Lipinski definition) is 4. The molecule has 126 valence electrons. The summed E-state index contributed by atoms with van der Waals surface area (Å²) in [6.07, 6.45) is 1.05. The van der Waals surface area contributed by atoms with Gasteiger partial charge in [-0.2, -0.15) is 0 Å². The van der Waals surface area contributed by atoms with Crippen LogP contribution in [0.5, 0.6) is 0 Å². The molecule has 1 atom stereocenters. The predicted octanol–water partition coefficient (Wildman–Crippen LogP) is 2.74. The Morgan fingerprint density at radius 2 is 1.76 bits per heavy atom. The van der Waals surface area contributed by atoms with E-state index in [0.29, 0.717) is 11.3 Å². The Balaban J connectivity index is 1.94. The highest BCUT2D eigenvalue weighted by molar-refractivity contribution is 6.32. The number of para-hydroxylation sites is 2. The van der Waals surface area contributed by atoms with Crippen molar-refractivity contribution in [2.75, 3.05) is 4.90 Å². The molecule has 0 aromatic heterocycles. The zero-order valence-corrected chi connectivity index (χ0v) is 13.3. The van der Waals surface area contributed by atoms with Gasteiger partial charge in [-0.25, -0.2) is 14.1 Å². The van der Waals surface area contributed by atoms with E-state index in [1.807, 2.05) is 0 Å². The van der Waals surface area contributed by atoms with Crippen molar-refractivity contribution >= 4 is 35.4 Å². The summed E-state index contributed by atoms with van der Waals surface area (Å²) < 4.78 is 13.6. The van der Waals surface area contributed by atoms with Crippen molar-refractivity contribution < 1.29 is 18.8 Å². The maximum absolute atomic E-state index is 13.6. The van der Waals surface area contributed by atoms with Crippen molar-refractivity contribution in [2.24, 2.45) is 10.9 Å². The number of barbiturate groups is 1. The van der Waals surface area contributed by atoms with E-state index in [1.165, 1.54) is 18.2 Å². The van der Waals surface area contributed by atoms with Crippen LogP contribution in [0.1, 0.15) is 5.56 Å². The van der Waals surface area contributed by atoms with Crippen LogP contribution in [-0.2, 0) is 9.59 Å². The summed E-state index contributed by atoms with van der Waals surface area (Å²) in [5, 5.41) is 2.13. The molecular weight excluding hydrogens is 325 g/mol. The molecule has 6 nitrogen and oxygen atoms in total. The van der Waals surface area contributed by atoms with Crippen LogP contribution in [-0.4, -0.2) is 24.1 Å². The van der Waals surface area contributed by atoms with Crippen LogP contribution in [0.15, 0.2) is 53.5 Å². The van der Waals surface area contributed by atoms with Gasteiger partial charge in [0.2, 0.25) is 5.91 Å². The molecule has 1 fully saturated rings. The third-order valence-electron chi connectivity index (χ3n) is 3.77. The molecule has 25 heavy (non-hydrogen) atoms. The van der Waals surface area contributed by atoms with Gasteiger partial charge < -0.3 is 0 Å². The van der Waals surface area contributed by atoms with E-state index in [2.05, 4.69) is 10.3 Å². The second kappa shape index (κ2) is 6.64. The van der Waals surface area contributed by atoms with E-state index in [-0.39, 0.29) is 5.69 Å². The second-order valence-corrected chi connectivity index (χ2v) is 5.46. The molecule has 0 spiro atoms. The second-order valence-electron chi connectivity index (χ2n) is 5.46. The van der Waals surface area contributed by atoms with Crippen LogP contribution in [0.3, 0.4) is 0 Å². The van der Waals surface area contributed by atoms with E-state index in [9.17, 15) is 18.8 Å². The number of anilines is 1. The lowest BCUT2D eigenvalue weighted by Crippen LogP contribution is -2.58. The number of urea groups is 1. The summed E-state index contributed by atoms with van der Waals surface area (Å²) in [7, 11) is 0. The van der Waals surface area contributed by atoms with Gasteiger partial charge in [-0.15, -0.1) is 0 Å². The largest absolute Gasteiger partial charge is 0.335 e. The predicted molar refractivity (Wildman–Crippen MR) is 90.2 cm³/mol. The molecule has 1 N–H and O–H groups in total. The first-order valence-electron chi connectivity index (χ1n) is 7.52. The van der Waals surface area contributed by atoms with E-state index < -0.39 is 29.6 Å². The molecule has 1 heterocycles. The van der Waals surface area contributed by atoms with Gasteiger partial charge in [0, 0.05) is 6.21 Å². The number of hydrogen-bond donors (Lipinski definition) is 1. The first-order valence-corrected chi connectivity index (χ1v) is 7.52. The van der Waals surface area contributed by atoms with E-state index in [1.54, 1.807) is 37.3 Å². The average Bonchev–Trinajstić information content (AvgIpc) is 2.57. The lowest BCUT2D eigenvalue weighted by molar-refractivity contribution is -0.131. The van der Waals surface area contributed by atoms with Crippen molar-refractivity contribution in [1.82, 2.24) is 5.32 Å². The number of nitrogens with one attached hydrogen (secondary N) is 1. The highest BCUT2D eigenvalue weighted by Gasteiger charge is 2.40. The maximum Gasteiger partial charge on any atom is 0.335 e. The molecule has 0 unspecified atom stereocenters. The Bertz CT molecular complexity index is 895. The number of carbonyl (C=O) groups excluding carboxylic acids is 3. The minimum Gasteiger partial charge on any atom is -0.276 e. The molecule has 4 amide bonds. The Hall–Kier alpha value is -3.35. The SMILES string of the molecule is Cc1ccccc1N1C(=O)NC(=O)[C@@H](C=Nc2ccccc2F)C1=O. The Kier molecular flexibility index (Phi) is 4.38. The van der Waals surface area contributed by atoms with Gasteiger partial charge in [-0.05, 0) is 30.7 Å². The molecule has 0 aliphatic carbocycles. The van der Waals surface area contributed by atoms with Gasteiger partial charge in [0.05, 0.1) is 11.4 Å². The zero-order valence-electron chi connectivity index (χ0n) is 13.3. The molecule has 0 bridgehead atoms. The van der Waals surface area contributed by atoms with Crippen LogP contribution >= 0.6 is 0 Å². The summed E-state index contributed by atoms with van der Waals surface area (Å²) in [4.78, 5) is 41.6. The highest BCUT2D eigenvalue weighted by Crippen LogP contribution is 2.24. The number of benzene rings is 2. The molecular formula is C18H14FN3O3. The van der Waals surface area contributed by atoms with Crippen molar-refractivity contribution in [3.05, 3.63) is 59.9 Å². The van der Waals surface area contributed by atoms with Crippen LogP contribution in [0, 0.1) is 18.7 Å². The van der Waals surface area contributed by atoms with Crippen LogP contribution in [0.25, 0.3) is 0 Å². The van der Waals surface area contributed by atoms with Gasteiger partial charge in [0.15, 0.2) is 5.92 Å². The van der Waals surface area contributed by atoms with Crippen molar-refractivity contribution in [1.29, 1.82) is 0 Å². The van der Waals surface area contributed by atoms with E-state index >= 15 is 0 Å². The van der Waals surface area contributed by atoms with Gasteiger partial charge in [-0.1, -0.05) is 30.3 Å². The number of rotatable bonds is 3. The molecule has 1 aliphatic rings. The van der Waals surface area contributed by atoms with Crippen LogP contribution in [0.4, 0.5) is 20.6 Å². The third-order valence-corrected chi connectivity index (χ3v) is 3.77. The Morgan fingerprint density at radius 3 is 2.48 bits per heavy atom. The molecule has 2 aromatic rings. The number of carbonyl (C=O) groups is 3. The van der Waals surface area contributed by atoms with Gasteiger partial charge in [-0.3, -0.25) is 19.9 Å². The van der Waals surface area contributed by atoms with Crippen molar-refractivity contribution in [2.45, 2.75) is 6.92 Å². The summed E-state index contributed by atoms with van der Waals surface area (Å²) in [5.74, 6) is -3.42. The fraction of sp³-hybridized carbons (Fsp3) is 0.111. The molecule has 2 aromatic carbocycles. The standard InChI is InChI=1S/C18H14FN3O3/c1-11-6-2-5-9-15(11)22-17(24)12(16(23)21-18(22)25)10-20-14-8-4-3-7-13(14)19/h2-10,12H,1H3,(H,21,23,25)/t12-/m1/s1. The topological polar surface area (TPSA) is 78.8 Å². The number of aliphatic imine (C=N–C) groups is 1. The number of halogens is 1. The number of aryl methyl sites for hydroxylation is 1. The van der Waals surface area contributed by atoms with Crippen LogP contribution in [0.2, 0.25) is 0 Å². The first kappa shape index (κ1) is 16.5. The summed E-state index contributed by atoms with van der Waals surface area (Å²) in [5.41, 5.74) is 1.08. The summed E-state index contributed by atoms with van der Waals surface area (Å²) in [6, 6.07) is 11.7. The highest BCUT2D eigenvalue weighted by atomic mass is 19.1. The average molecular weight is 339 g/mol. The summed E-state index contributed by atoms with van der Waals surface area (Å²) in [6.45, 7) is 1.74. The van der Waals surface area contributed by atoms with E-state index in [0.717, 1.165) is 11.1 Å². The first-order chi connectivity index (χ1) is 12.0. The normalized spacial score (nSPS) is 17.9. The molecule has 0 saturated carbocycles. The van der Waals surface area contributed by atoms with Crippen LogP contribution < -0.4 is 10.2 Å². The van der Waals surface area contributed by atoms with Crippen molar-refractivity contribution in [3.8, 4) is 0 Å². The van der Waals surface area contributed by atoms with E-state index in [4.69, 9.17) is 0 Å². The fourth-order valence-corrected chi connectivity index (χ4v) is 2.48. The summed E-state index contributed by atoms with van der Waals surface area (Å²) >= 11 is 0. The Labute approximate surface area is 143 Å². The monoisotopic (exact) mass is 339 g/mol. The minimum absolute atomic E-state index is 0.00226. The minimum atomic E-state index is -1.32. The quantitative estimate of drug-likeness (QED) is 0.690. The van der Waals surface area contributed by atoms with Gasteiger partial charge in [0.1, 0.15) is 5.82 Å². The van der Waals surface area contributed by atoms with Gasteiger partial charge >= 0.3 is 6.03 Å². The lowest BCUT2D eigenvalue weighted by atomic mass is 10.0. The fourth-order valence-electron chi connectivity index (χ4n) is 2.48. The molecule has 3 rings (SSSR count). The number of amides is 4. The molecule has 1 aliphatic heterocycles. The lowest BCUT2D eigenvalue weighted by Gasteiger charge is -2.29. The third kappa shape index (κ3) is 3.16. The zero-order chi connectivity index (χ0) is 18.0. The van der Waals surface area contributed by atoms with Crippen molar-refractivity contribution in [3.63, 3.8) is 0 Å². The maximum atomic E-state index is 13.6. The molecule has 7 heteroatoms. The van der Waals surface area contributed by atoms with Gasteiger partial charge in [0.25, 0.3) is 5.91 Å². The molecule has 1 saturated heterocycles. The number of imide groups is 2.